The third-order valence-electron chi connectivity index (χ3n) is 4.19. The first-order valence-corrected chi connectivity index (χ1v) is 9.44. The summed E-state index contributed by atoms with van der Waals surface area (Å²) in [6.45, 7) is 0.382. The SMILES string of the molecule is CNC(=O)c1cc(S(=O)(=O)NCC(N2CCNCC2)C(F)(F)F)cn1C.Cl. The lowest BCUT2D eigenvalue weighted by molar-refractivity contribution is -0.182. The topological polar surface area (TPSA) is 95.5 Å². The lowest BCUT2D eigenvalue weighted by Gasteiger charge is -2.35. The number of aryl methyl sites for hydroxylation is 1. The summed E-state index contributed by atoms with van der Waals surface area (Å²) in [4.78, 5) is 12.6. The number of alkyl halides is 3. The van der Waals surface area contributed by atoms with Crippen LogP contribution in [0.4, 0.5) is 13.2 Å². The standard InChI is InChI=1S/C14H22F3N5O3S.ClH/c1-18-13(23)11-7-10(9-21(11)2)26(24,25)20-8-12(14(15,16)17)22-5-3-19-4-6-22;/h7,9,12,19-20H,3-6,8H2,1-2H3,(H,18,23);1H. The summed E-state index contributed by atoms with van der Waals surface area (Å²) in [6.07, 6.45) is -3.38. The zero-order valence-electron chi connectivity index (χ0n) is 14.8. The van der Waals surface area contributed by atoms with Crippen molar-refractivity contribution in [1.82, 2.24) is 24.8 Å². The van der Waals surface area contributed by atoms with Crippen LogP contribution in [0.25, 0.3) is 0 Å². The maximum atomic E-state index is 13.3. The van der Waals surface area contributed by atoms with E-state index in [-0.39, 0.29) is 36.1 Å². The first-order chi connectivity index (χ1) is 12.1. The van der Waals surface area contributed by atoms with Crippen LogP contribution in [0.3, 0.4) is 0 Å². The van der Waals surface area contributed by atoms with Gasteiger partial charge in [-0.3, -0.25) is 9.69 Å². The van der Waals surface area contributed by atoms with Crippen LogP contribution in [-0.4, -0.2) is 75.8 Å². The van der Waals surface area contributed by atoms with E-state index < -0.39 is 34.7 Å². The number of aromatic nitrogens is 1. The smallest absolute Gasteiger partial charge is 0.354 e. The number of nitrogens with zero attached hydrogens (tertiary/aromatic N) is 2. The maximum absolute atomic E-state index is 13.3. The number of amides is 1. The third-order valence-corrected chi connectivity index (χ3v) is 5.58. The molecule has 156 valence electrons. The fourth-order valence-corrected chi connectivity index (χ4v) is 3.86. The molecule has 0 saturated carbocycles. The summed E-state index contributed by atoms with van der Waals surface area (Å²) in [6, 6.07) is -0.796. The molecule has 2 rings (SSSR count). The molecule has 1 aromatic rings. The summed E-state index contributed by atoms with van der Waals surface area (Å²) < 4.78 is 68.1. The predicted molar refractivity (Wildman–Crippen MR) is 95.5 cm³/mol. The van der Waals surface area contributed by atoms with E-state index in [1.165, 1.54) is 29.8 Å². The van der Waals surface area contributed by atoms with Crippen LogP contribution >= 0.6 is 12.4 Å². The van der Waals surface area contributed by atoms with E-state index in [0.717, 1.165) is 6.07 Å². The first kappa shape index (κ1) is 23.7. The van der Waals surface area contributed by atoms with E-state index in [0.29, 0.717) is 13.1 Å². The summed E-state index contributed by atoms with van der Waals surface area (Å²) >= 11 is 0. The number of hydrogen-bond acceptors (Lipinski definition) is 5. The predicted octanol–water partition coefficient (Wildman–Crippen LogP) is -0.0791. The molecule has 1 saturated heterocycles. The van der Waals surface area contributed by atoms with Crippen LogP contribution in [0, 0.1) is 0 Å². The number of carbonyl (C=O) groups excluding carboxylic acids is 1. The number of sulfonamides is 1. The molecular formula is C14H23ClF3N5O3S. The van der Waals surface area contributed by atoms with Gasteiger partial charge in [0.2, 0.25) is 10.0 Å². The number of rotatable bonds is 6. The van der Waals surface area contributed by atoms with Crippen molar-refractivity contribution in [1.29, 1.82) is 0 Å². The van der Waals surface area contributed by atoms with Crippen LogP contribution < -0.4 is 15.4 Å². The summed E-state index contributed by atoms with van der Waals surface area (Å²) in [5, 5.41) is 5.32. The molecule has 1 fully saturated rings. The third kappa shape index (κ3) is 5.82. The fraction of sp³-hybridized carbons (Fsp3) is 0.643. The van der Waals surface area contributed by atoms with Gasteiger partial charge in [-0.15, -0.1) is 12.4 Å². The maximum Gasteiger partial charge on any atom is 0.405 e. The van der Waals surface area contributed by atoms with Crippen molar-refractivity contribution in [2.24, 2.45) is 7.05 Å². The minimum atomic E-state index is -4.57. The van der Waals surface area contributed by atoms with Gasteiger partial charge in [0.1, 0.15) is 16.6 Å². The van der Waals surface area contributed by atoms with Crippen molar-refractivity contribution in [3.05, 3.63) is 18.0 Å². The summed E-state index contributed by atoms with van der Waals surface area (Å²) in [5.74, 6) is -0.497. The molecule has 27 heavy (non-hydrogen) atoms. The number of piperazine rings is 1. The minimum Gasteiger partial charge on any atom is -0.354 e. The molecule has 8 nitrogen and oxygen atoms in total. The Balaban J connectivity index is 0.00000364. The van der Waals surface area contributed by atoms with Gasteiger partial charge in [0.05, 0.1) is 0 Å². The molecule has 3 N–H and O–H groups in total. The molecule has 2 heterocycles. The van der Waals surface area contributed by atoms with Gasteiger partial charge in [0, 0.05) is 53.0 Å². The van der Waals surface area contributed by atoms with Gasteiger partial charge in [-0.05, 0) is 6.07 Å². The Morgan fingerprint density at radius 1 is 1.33 bits per heavy atom. The molecule has 0 aromatic carbocycles. The lowest BCUT2D eigenvalue weighted by atomic mass is 10.2. The molecule has 1 aliphatic heterocycles. The van der Waals surface area contributed by atoms with Gasteiger partial charge in [0.15, 0.2) is 0 Å². The lowest BCUT2D eigenvalue weighted by Crippen LogP contribution is -2.57. The van der Waals surface area contributed by atoms with Crippen LogP contribution in [0.5, 0.6) is 0 Å². The van der Waals surface area contributed by atoms with Crippen LogP contribution in [-0.2, 0) is 17.1 Å². The van der Waals surface area contributed by atoms with E-state index in [9.17, 15) is 26.4 Å². The highest BCUT2D eigenvalue weighted by Crippen LogP contribution is 2.25. The second kappa shape index (κ2) is 9.24. The molecule has 1 unspecified atom stereocenters. The molecule has 13 heteroatoms. The van der Waals surface area contributed by atoms with Crippen molar-refractivity contribution in [3.8, 4) is 0 Å². The van der Waals surface area contributed by atoms with E-state index in [4.69, 9.17) is 0 Å². The van der Waals surface area contributed by atoms with Gasteiger partial charge in [-0.25, -0.2) is 13.1 Å². The molecule has 1 atom stereocenters. The highest BCUT2D eigenvalue weighted by Gasteiger charge is 2.44. The van der Waals surface area contributed by atoms with Crippen molar-refractivity contribution in [3.63, 3.8) is 0 Å². The van der Waals surface area contributed by atoms with Crippen molar-refractivity contribution < 1.29 is 26.4 Å². The molecule has 1 aromatic heterocycles. The van der Waals surface area contributed by atoms with Crippen LogP contribution in [0.1, 0.15) is 10.5 Å². The number of halogens is 4. The van der Waals surface area contributed by atoms with Crippen molar-refractivity contribution in [2.45, 2.75) is 17.1 Å². The second-order valence-electron chi connectivity index (χ2n) is 5.95. The quantitative estimate of drug-likeness (QED) is 0.583. The van der Waals surface area contributed by atoms with E-state index >= 15 is 0 Å². The Kier molecular flexibility index (Phi) is 8.11. The molecule has 0 spiro atoms. The second-order valence-corrected chi connectivity index (χ2v) is 7.71. The van der Waals surface area contributed by atoms with Crippen molar-refractivity contribution in [2.75, 3.05) is 39.8 Å². The molecular weight excluding hydrogens is 411 g/mol. The number of hydrogen-bond donors (Lipinski definition) is 3. The summed E-state index contributed by atoms with van der Waals surface area (Å²) in [7, 11) is -1.32. The highest BCUT2D eigenvalue weighted by atomic mass is 35.5. The molecule has 1 amide bonds. The van der Waals surface area contributed by atoms with Crippen molar-refractivity contribution >= 4 is 28.3 Å². The zero-order chi connectivity index (χ0) is 19.5. The Hall–Kier alpha value is -1.34. The van der Waals surface area contributed by atoms with Gasteiger partial charge >= 0.3 is 6.18 Å². The van der Waals surface area contributed by atoms with Gasteiger partial charge < -0.3 is 15.2 Å². The van der Waals surface area contributed by atoms with E-state index in [1.807, 2.05) is 4.72 Å². The number of nitrogens with one attached hydrogen (secondary N) is 3. The Bertz CT molecular complexity index is 748. The Morgan fingerprint density at radius 3 is 2.44 bits per heavy atom. The molecule has 0 radical (unpaired) electrons. The largest absolute Gasteiger partial charge is 0.405 e. The van der Waals surface area contributed by atoms with E-state index in [2.05, 4.69) is 10.6 Å². The number of carbonyl (C=O) groups is 1. The van der Waals surface area contributed by atoms with Gasteiger partial charge in [0.25, 0.3) is 5.91 Å². The Labute approximate surface area is 161 Å². The van der Waals surface area contributed by atoms with Gasteiger partial charge in [-0.2, -0.15) is 13.2 Å². The van der Waals surface area contributed by atoms with Gasteiger partial charge in [-0.1, -0.05) is 0 Å². The average molecular weight is 434 g/mol. The summed E-state index contributed by atoms with van der Waals surface area (Å²) in [5.41, 5.74) is 0.0855. The molecule has 0 aliphatic carbocycles. The minimum absolute atomic E-state index is 0. The highest BCUT2D eigenvalue weighted by molar-refractivity contribution is 7.89. The van der Waals surface area contributed by atoms with Crippen LogP contribution in [0.15, 0.2) is 17.2 Å². The first-order valence-electron chi connectivity index (χ1n) is 7.96. The molecule has 1 aliphatic rings. The van der Waals surface area contributed by atoms with E-state index in [1.54, 1.807) is 0 Å². The average Bonchev–Trinajstić information content (AvgIpc) is 2.96. The van der Waals surface area contributed by atoms with Crippen LogP contribution in [0.2, 0.25) is 0 Å². The normalized spacial score (nSPS) is 17.2. The Morgan fingerprint density at radius 2 is 1.93 bits per heavy atom. The fourth-order valence-electron chi connectivity index (χ4n) is 2.75. The zero-order valence-corrected chi connectivity index (χ0v) is 16.5. The molecule has 0 bridgehead atoms. The monoisotopic (exact) mass is 433 g/mol.